The number of carbonyl (C=O) groups is 1. The Kier molecular flexibility index (Phi) is 4.24. The number of fused-ring (bicyclic) bond motifs is 3. The highest BCUT2D eigenvalue weighted by Crippen LogP contribution is 2.33. The molecule has 1 N–H and O–H groups in total. The second-order valence-electron chi connectivity index (χ2n) is 6.27. The second-order valence-corrected chi connectivity index (χ2v) is 7.70. The Labute approximate surface area is 148 Å². The van der Waals surface area contributed by atoms with Gasteiger partial charge in [-0.15, -0.1) is 0 Å². The first-order valence-electron chi connectivity index (χ1n) is 8.04. The molecular formula is C16H18ClN3O3S. The minimum absolute atomic E-state index is 0.0501. The summed E-state index contributed by atoms with van der Waals surface area (Å²) in [6.07, 6.45) is 3.70. The summed E-state index contributed by atoms with van der Waals surface area (Å²) in [4.78, 5) is 19.5. The monoisotopic (exact) mass is 367 g/mol. The van der Waals surface area contributed by atoms with E-state index in [2.05, 4.69) is 22.1 Å². The van der Waals surface area contributed by atoms with Gasteiger partial charge in [-0.1, -0.05) is 22.9 Å². The van der Waals surface area contributed by atoms with Crippen LogP contribution in [0.2, 0.25) is 5.15 Å². The minimum atomic E-state index is -0.0501. The van der Waals surface area contributed by atoms with Crippen LogP contribution in [-0.4, -0.2) is 41.0 Å². The zero-order chi connectivity index (χ0) is 16.7. The number of hydrogen-bond acceptors (Lipinski definition) is 6. The number of thiophene rings is 1. The third kappa shape index (κ3) is 3.03. The molecule has 0 spiro atoms. The number of rotatable bonds is 4. The Hall–Kier alpha value is -1.57. The summed E-state index contributed by atoms with van der Waals surface area (Å²) < 4.78 is 10.5. The van der Waals surface area contributed by atoms with Crippen LogP contribution in [0.4, 0.5) is 0 Å². The van der Waals surface area contributed by atoms with E-state index in [1.54, 1.807) is 12.1 Å². The number of nitrogens with zero attached hydrogens (tertiary/aromatic N) is 2. The number of ether oxygens (including phenoxy) is 1. The van der Waals surface area contributed by atoms with Crippen molar-refractivity contribution in [1.82, 2.24) is 15.2 Å². The zero-order valence-corrected chi connectivity index (χ0v) is 14.8. The maximum absolute atomic E-state index is 12.6. The Balaban J connectivity index is 1.41. The molecule has 5 rings (SSSR count). The summed E-state index contributed by atoms with van der Waals surface area (Å²) in [7, 11) is 0. The molecule has 5 heterocycles. The Morgan fingerprint density at radius 1 is 1.46 bits per heavy atom. The molecule has 2 atom stereocenters. The van der Waals surface area contributed by atoms with E-state index in [9.17, 15) is 4.79 Å². The van der Waals surface area contributed by atoms with Gasteiger partial charge in [-0.2, -0.15) is 4.98 Å². The van der Waals surface area contributed by atoms with Crippen LogP contribution in [-0.2, 0) is 0 Å². The maximum atomic E-state index is 12.6. The molecule has 128 valence electrons. The number of amides is 1. The van der Waals surface area contributed by atoms with E-state index in [-0.39, 0.29) is 23.2 Å². The van der Waals surface area contributed by atoms with Crippen molar-refractivity contribution >= 4 is 28.8 Å². The number of nitrogens with one attached hydrogen (secondary N) is 1. The standard InChI is InChI=1S/C16H18ClN3O3S/c1-9-14(10-4-6-20(9)7-5-10)19-15(21)11-2-3-13(24-11)23-16-18-12(17)8-22-16/h2-3,8-10,14H,4-7H2,1H3,(H,19,21)/t9-,14-/m0/s1. The molecule has 0 aliphatic carbocycles. The van der Waals surface area contributed by atoms with Gasteiger partial charge in [0.1, 0.15) is 6.26 Å². The Morgan fingerprint density at radius 3 is 2.92 bits per heavy atom. The number of carbonyl (C=O) groups excluding carboxylic acids is 1. The fraction of sp³-hybridized carbons (Fsp3) is 0.500. The van der Waals surface area contributed by atoms with Crippen LogP contribution >= 0.6 is 22.9 Å². The zero-order valence-electron chi connectivity index (χ0n) is 13.2. The lowest BCUT2D eigenvalue weighted by atomic mass is 9.79. The molecule has 24 heavy (non-hydrogen) atoms. The highest BCUT2D eigenvalue weighted by molar-refractivity contribution is 7.15. The first-order chi connectivity index (χ1) is 11.6. The minimum Gasteiger partial charge on any atom is -0.416 e. The van der Waals surface area contributed by atoms with Crippen molar-refractivity contribution < 1.29 is 13.9 Å². The van der Waals surface area contributed by atoms with Gasteiger partial charge in [0.05, 0.1) is 4.88 Å². The van der Waals surface area contributed by atoms with Crippen molar-refractivity contribution in [2.75, 3.05) is 13.1 Å². The molecule has 3 saturated heterocycles. The lowest BCUT2D eigenvalue weighted by Gasteiger charge is -2.49. The average Bonchev–Trinajstić information content (AvgIpc) is 3.21. The lowest BCUT2D eigenvalue weighted by Crippen LogP contribution is -2.62. The van der Waals surface area contributed by atoms with Gasteiger partial charge >= 0.3 is 6.08 Å². The van der Waals surface area contributed by atoms with E-state index in [0.29, 0.717) is 21.9 Å². The third-order valence-corrected chi connectivity index (χ3v) is 6.06. The van der Waals surface area contributed by atoms with E-state index < -0.39 is 0 Å². The van der Waals surface area contributed by atoms with Gasteiger partial charge in [-0.05, 0) is 50.9 Å². The molecule has 8 heteroatoms. The molecule has 3 aliphatic rings. The largest absolute Gasteiger partial charge is 0.416 e. The molecule has 0 radical (unpaired) electrons. The molecule has 6 nitrogen and oxygen atoms in total. The Bertz CT molecular complexity index is 737. The molecule has 3 fully saturated rings. The van der Waals surface area contributed by atoms with Gasteiger partial charge in [0.2, 0.25) is 0 Å². The average molecular weight is 368 g/mol. The molecule has 1 amide bonds. The molecule has 2 bridgehead atoms. The van der Waals surface area contributed by atoms with Crippen molar-refractivity contribution in [3.05, 3.63) is 28.4 Å². The first kappa shape index (κ1) is 15.9. The number of piperidine rings is 3. The number of aromatic nitrogens is 1. The van der Waals surface area contributed by atoms with Crippen LogP contribution in [0.25, 0.3) is 0 Å². The van der Waals surface area contributed by atoms with Crippen molar-refractivity contribution in [2.24, 2.45) is 5.92 Å². The Morgan fingerprint density at radius 2 is 2.25 bits per heavy atom. The van der Waals surface area contributed by atoms with Gasteiger partial charge in [-0.3, -0.25) is 9.69 Å². The molecule has 3 aliphatic heterocycles. The molecule has 0 unspecified atom stereocenters. The van der Waals surface area contributed by atoms with Gasteiger partial charge in [-0.25, -0.2) is 0 Å². The van der Waals surface area contributed by atoms with Crippen LogP contribution < -0.4 is 10.1 Å². The molecule has 2 aromatic rings. The highest BCUT2D eigenvalue weighted by Gasteiger charge is 2.40. The predicted molar refractivity (Wildman–Crippen MR) is 90.9 cm³/mol. The van der Waals surface area contributed by atoms with E-state index >= 15 is 0 Å². The summed E-state index contributed by atoms with van der Waals surface area (Å²) in [5, 5.41) is 3.99. The molecule has 0 saturated carbocycles. The van der Waals surface area contributed by atoms with Gasteiger partial charge in [0.25, 0.3) is 5.91 Å². The highest BCUT2D eigenvalue weighted by atomic mass is 35.5. The van der Waals surface area contributed by atoms with Crippen LogP contribution in [0.5, 0.6) is 11.1 Å². The smallest absolute Gasteiger partial charge is 0.401 e. The van der Waals surface area contributed by atoms with Crippen molar-refractivity contribution in [3.63, 3.8) is 0 Å². The van der Waals surface area contributed by atoms with E-state index in [1.807, 2.05) is 0 Å². The van der Waals surface area contributed by atoms with E-state index in [4.69, 9.17) is 20.8 Å². The van der Waals surface area contributed by atoms with Crippen LogP contribution in [0.3, 0.4) is 0 Å². The van der Waals surface area contributed by atoms with Crippen molar-refractivity contribution in [3.8, 4) is 11.1 Å². The van der Waals surface area contributed by atoms with Gasteiger partial charge in [0.15, 0.2) is 10.2 Å². The van der Waals surface area contributed by atoms with Crippen LogP contribution in [0, 0.1) is 5.92 Å². The first-order valence-corrected chi connectivity index (χ1v) is 9.23. The second kappa shape index (κ2) is 6.38. The fourth-order valence-electron chi connectivity index (χ4n) is 3.64. The molecular weight excluding hydrogens is 350 g/mol. The summed E-state index contributed by atoms with van der Waals surface area (Å²) in [6, 6.07) is 4.10. The number of hydrogen-bond donors (Lipinski definition) is 1. The number of halogens is 1. The summed E-state index contributed by atoms with van der Waals surface area (Å²) in [6.45, 7) is 4.49. The van der Waals surface area contributed by atoms with Crippen LogP contribution in [0.15, 0.2) is 22.8 Å². The molecule has 2 aromatic heterocycles. The van der Waals surface area contributed by atoms with Crippen molar-refractivity contribution in [1.29, 1.82) is 0 Å². The quantitative estimate of drug-likeness (QED) is 0.897. The number of oxazole rings is 1. The fourth-order valence-corrected chi connectivity index (χ4v) is 4.50. The summed E-state index contributed by atoms with van der Waals surface area (Å²) >= 11 is 6.95. The van der Waals surface area contributed by atoms with Crippen LogP contribution in [0.1, 0.15) is 29.4 Å². The van der Waals surface area contributed by atoms with Crippen molar-refractivity contribution in [2.45, 2.75) is 31.8 Å². The lowest BCUT2D eigenvalue weighted by molar-refractivity contribution is 0.0218. The van der Waals surface area contributed by atoms with E-state index in [1.165, 1.54) is 30.4 Å². The maximum Gasteiger partial charge on any atom is 0.401 e. The SMILES string of the molecule is C[C@H]1[C@H](NC(=O)c2ccc(Oc3nc(Cl)co3)s2)C2CCN1CC2. The topological polar surface area (TPSA) is 67.6 Å². The van der Waals surface area contributed by atoms with Gasteiger partial charge < -0.3 is 14.5 Å². The van der Waals surface area contributed by atoms with E-state index in [0.717, 1.165) is 13.1 Å². The normalized spacial score (nSPS) is 28.8. The van der Waals surface area contributed by atoms with Gasteiger partial charge in [0, 0.05) is 12.1 Å². The third-order valence-electron chi connectivity index (χ3n) is 4.92. The predicted octanol–water partition coefficient (Wildman–Crippen LogP) is 3.39. The summed E-state index contributed by atoms with van der Waals surface area (Å²) in [5.41, 5.74) is 0. The molecule has 0 aromatic carbocycles. The summed E-state index contributed by atoms with van der Waals surface area (Å²) in [5.74, 6) is 0.532.